The number of hydrogen-bond donors (Lipinski definition) is 1. The molecule has 1 aliphatic carbocycles. The molecule has 41 heavy (non-hydrogen) atoms. The molecule has 4 heterocycles. The molecule has 0 radical (unpaired) electrons. The van der Waals surface area contributed by atoms with E-state index in [1.165, 1.54) is 28.4 Å². The van der Waals surface area contributed by atoms with E-state index in [1.807, 2.05) is 25.1 Å². The number of nitrogens with zero attached hydrogens (tertiary/aromatic N) is 1. The highest BCUT2D eigenvalue weighted by atomic mass is 16.6. The highest BCUT2D eigenvalue weighted by molar-refractivity contribution is 5.92. The molecule has 4 bridgehead atoms. The summed E-state index contributed by atoms with van der Waals surface area (Å²) in [4.78, 5) is 30.5. The zero-order valence-electron chi connectivity index (χ0n) is 23.8. The zero-order chi connectivity index (χ0) is 28.7. The van der Waals surface area contributed by atoms with Crippen LogP contribution in [0.25, 0.3) is 0 Å². The highest BCUT2D eigenvalue weighted by Crippen LogP contribution is 2.76. The summed E-state index contributed by atoms with van der Waals surface area (Å²) in [5.41, 5.74) is 0.387. The van der Waals surface area contributed by atoms with Crippen molar-refractivity contribution in [3.8, 4) is 17.2 Å². The van der Waals surface area contributed by atoms with Crippen molar-refractivity contribution in [2.45, 2.75) is 43.2 Å². The van der Waals surface area contributed by atoms with Gasteiger partial charge < -0.3 is 33.7 Å². The van der Waals surface area contributed by atoms with Gasteiger partial charge in [-0.3, -0.25) is 9.69 Å². The lowest BCUT2D eigenvalue weighted by atomic mass is 9.42. The van der Waals surface area contributed by atoms with Crippen LogP contribution < -0.4 is 19.5 Å². The zero-order valence-corrected chi connectivity index (χ0v) is 23.8. The Balaban J connectivity index is 1.38. The second kappa shape index (κ2) is 8.87. The van der Waals surface area contributed by atoms with Gasteiger partial charge in [-0.05, 0) is 37.1 Å². The lowest BCUT2D eigenvalue weighted by molar-refractivity contribution is -0.191. The summed E-state index contributed by atoms with van der Waals surface area (Å²) in [6.07, 6.45) is 3.18. The van der Waals surface area contributed by atoms with Gasteiger partial charge in [-0.2, -0.15) is 0 Å². The fourth-order valence-corrected chi connectivity index (χ4v) is 8.76. The molecule has 1 spiro atoms. The van der Waals surface area contributed by atoms with Gasteiger partial charge in [0.05, 0.1) is 45.5 Å². The topological polar surface area (TPSA) is 105 Å². The van der Waals surface area contributed by atoms with Crippen molar-refractivity contribution in [1.82, 2.24) is 4.90 Å². The molecule has 2 aromatic rings. The number of piperidine rings is 2. The Morgan fingerprint density at radius 2 is 1.83 bits per heavy atom. The lowest BCUT2D eigenvalue weighted by Crippen LogP contribution is -2.78. The summed E-state index contributed by atoms with van der Waals surface area (Å²) in [6.45, 7) is 2.51. The summed E-state index contributed by atoms with van der Waals surface area (Å²) >= 11 is 0. The Morgan fingerprint density at radius 3 is 2.49 bits per heavy atom. The Hall–Kier alpha value is -3.76. The highest BCUT2D eigenvalue weighted by Gasteiger charge is 2.87. The van der Waals surface area contributed by atoms with Crippen LogP contribution in [0.4, 0.5) is 5.69 Å². The predicted octanol–water partition coefficient (Wildman–Crippen LogP) is 3.50. The van der Waals surface area contributed by atoms with Crippen LogP contribution in [0, 0.1) is 11.3 Å². The number of ether oxygens (including phenoxy) is 6. The average molecular weight is 563 g/mol. The van der Waals surface area contributed by atoms with Gasteiger partial charge in [0, 0.05) is 24.6 Å². The largest absolute Gasteiger partial charge is 0.493 e. The second-order valence-corrected chi connectivity index (χ2v) is 11.4. The number of benzene rings is 2. The Morgan fingerprint density at radius 1 is 1.10 bits per heavy atom. The number of anilines is 1. The number of carbonyl (C=O) groups is 2. The third kappa shape index (κ3) is 2.94. The second-order valence-electron chi connectivity index (χ2n) is 11.4. The molecule has 1 N–H and O–H groups in total. The predicted molar refractivity (Wildman–Crippen MR) is 147 cm³/mol. The fourth-order valence-electron chi connectivity index (χ4n) is 8.76. The summed E-state index contributed by atoms with van der Waals surface area (Å²) in [6, 6.07) is 11.2. The number of methoxy groups -OCH3 is 4. The van der Waals surface area contributed by atoms with E-state index in [9.17, 15) is 9.59 Å². The first-order valence-corrected chi connectivity index (χ1v) is 13.9. The van der Waals surface area contributed by atoms with E-state index in [0.29, 0.717) is 36.6 Å². The smallest absolute Gasteiger partial charge is 0.338 e. The molecule has 1 saturated carbocycles. The van der Waals surface area contributed by atoms with E-state index in [0.717, 1.165) is 16.8 Å². The minimum absolute atomic E-state index is 0.0611. The van der Waals surface area contributed by atoms with Crippen molar-refractivity contribution in [3.05, 3.63) is 59.2 Å². The molecule has 0 unspecified atom stereocenters. The molecule has 3 saturated heterocycles. The van der Waals surface area contributed by atoms with Gasteiger partial charge >= 0.3 is 11.9 Å². The van der Waals surface area contributed by atoms with E-state index in [1.54, 1.807) is 12.1 Å². The van der Waals surface area contributed by atoms with Gasteiger partial charge in [-0.25, -0.2) is 4.79 Å². The molecule has 2 aromatic carbocycles. The van der Waals surface area contributed by atoms with Gasteiger partial charge in [0.1, 0.15) is 18.2 Å². The first-order chi connectivity index (χ1) is 19.8. The molecule has 4 aliphatic heterocycles. The number of nitrogens with one attached hydrogen (secondary N) is 1. The first kappa shape index (κ1) is 26.2. The molecular formula is C31H34N2O8. The molecule has 7 rings (SSSR count). The maximum atomic E-state index is 14.4. The quantitative estimate of drug-likeness (QED) is 0.398. The number of allylic oxidation sites excluding steroid dienone is 1. The average Bonchev–Trinajstić information content (AvgIpc) is 3.62. The number of para-hydroxylation sites is 1. The monoisotopic (exact) mass is 562 g/mol. The molecule has 5 aliphatic rings. The van der Waals surface area contributed by atoms with Crippen molar-refractivity contribution >= 4 is 17.6 Å². The van der Waals surface area contributed by atoms with Crippen molar-refractivity contribution < 1.29 is 38.0 Å². The van der Waals surface area contributed by atoms with E-state index in [4.69, 9.17) is 28.4 Å². The van der Waals surface area contributed by atoms with E-state index in [-0.39, 0.29) is 30.4 Å². The molecule has 6 atom stereocenters. The summed E-state index contributed by atoms with van der Waals surface area (Å²) < 4.78 is 35.0. The number of rotatable bonds is 7. The summed E-state index contributed by atoms with van der Waals surface area (Å²) in [7, 11) is 5.88. The van der Waals surface area contributed by atoms with Crippen molar-refractivity contribution in [3.63, 3.8) is 0 Å². The molecule has 0 amide bonds. The van der Waals surface area contributed by atoms with Crippen molar-refractivity contribution in [2.24, 2.45) is 11.3 Å². The lowest BCUT2D eigenvalue weighted by Gasteiger charge is -2.64. The summed E-state index contributed by atoms with van der Waals surface area (Å²) in [5, 5.41) is 3.73. The van der Waals surface area contributed by atoms with Crippen molar-refractivity contribution in [2.75, 3.05) is 46.9 Å². The number of carbonyl (C=O) groups excluding carboxylic acids is 2. The Labute approximate surface area is 238 Å². The Bertz CT molecular complexity index is 1470. The van der Waals surface area contributed by atoms with Crippen LogP contribution in [0.15, 0.2) is 48.0 Å². The van der Waals surface area contributed by atoms with Crippen LogP contribution in [0.3, 0.4) is 0 Å². The van der Waals surface area contributed by atoms with Gasteiger partial charge in [-0.1, -0.05) is 29.8 Å². The first-order valence-electron chi connectivity index (χ1n) is 13.9. The minimum Gasteiger partial charge on any atom is -0.493 e. The van der Waals surface area contributed by atoms with Crippen LogP contribution in [0.5, 0.6) is 17.2 Å². The Kier molecular flexibility index (Phi) is 5.66. The van der Waals surface area contributed by atoms with Crippen LogP contribution in [-0.4, -0.2) is 76.4 Å². The fraction of sp³-hybridized carbons (Fsp3) is 0.484. The maximum Gasteiger partial charge on any atom is 0.338 e. The number of hydrogen-bond acceptors (Lipinski definition) is 10. The number of esters is 2. The van der Waals surface area contributed by atoms with Crippen molar-refractivity contribution in [1.29, 1.82) is 0 Å². The van der Waals surface area contributed by atoms with Crippen LogP contribution in [0.2, 0.25) is 0 Å². The van der Waals surface area contributed by atoms with Gasteiger partial charge in [0.15, 0.2) is 17.2 Å². The van der Waals surface area contributed by atoms with E-state index in [2.05, 4.69) is 22.4 Å². The normalized spacial score (nSPS) is 34.6. The third-order valence-electron chi connectivity index (χ3n) is 10.3. The van der Waals surface area contributed by atoms with Gasteiger partial charge in [-0.15, -0.1) is 0 Å². The summed E-state index contributed by atoms with van der Waals surface area (Å²) in [5.74, 6) is -0.188. The SMILES string of the molecule is C/C=C1\CN2[C@@H]3C[C@]45c6ccccc6N[C@]4(O3)[C@@H]2C[C@@H]1[C@@]5(COC(=O)c1cc(OC)c(OC)c(OC)c1)C(=O)OC. The molecule has 216 valence electrons. The van der Waals surface area contributed by atoms with Gasteiger partial charge in [0.25, 0.3) is 0 Å². The molecule has 10 nitrogen and oxygen atoms in total. The molecule has 10 heteroatoms. The van der Waals surface area contributed by atoms with Crippen LogP contribution in [-0.2, 0) is 24.4 Å². The maximum absolute atomic E-state index is 14.4. The third-order valence-corrected chi connectivity index (χ3v) is 10.3. The molecule has 4 fully saturated rings. The molecular weight excluding hydrogens is 528 g/mol. The van der Waals surface area contributed by atoms with E-state index < -0.39 is 28.5 Å². The van der Waals surface area contributed by atoms with Crippen LogP contribution >= 0.6 is 0 Å². The van der Waals surface area contributed by atoms with Crippen LogP contribution in [0.1, 0.15) is 35.7 Å². The van der Waals surface area contributed by atoms with Gasteiger partial charge in [0.2, 0.25) is 5.75 Å². The standard InChI is InChI=1S/C31H34N2O8/c1-6-17-15-33-24-13-20(17)29(28(35)39-5,16-40-27(34)18-11-22(36-2)26(38-4)23(12-18)37-3)30-14-25(33)41-31(24,30)32-21-10-8-7-9-19(21)30/h6-12,20,24-25,32H,13-16H2,1-5H3/b17-6+/t20-,24-,25-,29-,30+,31-/m0/s1. The van der Waals surface area contributed by atoms with E-state index >= 15 is 0 Å². The minimum atomic E-state index is -1.24. The number of fused-ring (bicyclic) bond motifs is 4. The molecule has 0 aromatic heterocycles.